The van der Waals surface area contributed by atoms with E-state index in [9.17, 15) is 0 Å². The molecule has 1 aromatic heterocycles. The highest BCUT2D eigenvalue weighted by Gasteiger charge is 2.06. The Morgan fingerprint density at radius 3 is 2.53 bits per heavy atom. The molecule has 0 bridgehead atoms. The summed E-state index contributed by atoms with van der Waals surface area (Å²) in [7, 11) is 1.67. The number of rotatable bonds is 6. The molecule has 2 aromatic rings. The average Bonchev–Trinajstić information content (AvgIpc) is 2.92. The Morgan fingerprint density at radius 2 is 1.89 bits per heavy atom. The predicted octanol–water partition coefficient (Wildman–Crippen LogP) is 3.36. The van der Waals surface area contributed by atoms with Gasteiger partial charge >= 0.3 is 0 Å². The van der Waals surface area contributed by atoms with E-state index in [1.165, 1.54) is 15.3 Å². The molecule has 1 aromatic carbocycles. The van der Waals surface area contributed by atoms with Crippen molar-refractivity contribution >= 4 is 11.3 Å². The lowest BCUT2D eigenvalue weighted by atomic mass is 10.1. The van der Waals surface area contributed by atoms with Gasteiger partial charge in [0.05, 0.1) is 7.11 Å². The maximum atomic E-state index is 5.82. The minimum Gasteiger partial charge on any atom is -0.493 e. The van der Waals surface area contributed by atoms with Gasteiger partial charge in [0.25, 0.3) is 0 Å². The van der Waals surface area contributed by atoms with E-state index in [4.69, 9.17) is 15.2 Å². The number of nitrogens with two attached hydrogens (primary N) is 1. The summed E-state index contributed by atoms with van der Waals surface area (Å²) < 4.78 is 11.2. The second kappa shape index (κ2) is 6.59. The van der Waals surface area contributed by atoms with E-state index in [-0.39, 0.29) is 0 Å². The van der Waals surface area contributed by atoms with Crippen molar-refractivity contribution in [1.29, 1.82) is 0 Å². The molecule has 1 heterocycles. The minimum absolute atomic E-state index is 0.548. The third-order valence-corrected chi connectivity index (χ3v) is 4.01. The summed E-state index contributed by atoms with van der Waals surface area (Å²) in [6.07, 6.45) is 0.988. The van der Waals surface area contributed by atoms with Crippen LogP contribution in [0.4, 0.5) is 0 Å². The number of methoxy groups -OCH3 is 1. The lowest BCUT2D eigenvalue weighted by Gasteiger charge is -2.11. The molecular weight excluding hydrogens is 258 g/mol. The number of thiophene rings is 1. The van der Waals surface area contributed by atoms with Crippen LogP contribution in [0.2, 0.25) is 0 Å². The highest BCUT2D eigenvalue weighted by Crippen LogP contribution is 2.29. The minimum atomic E-state index is 0.548. The van der Waals surface area contributed by atoms with Crippen molar-refractivity contribution in [3.05, 3.63) is 45.6 Å². The number of aryl methyl sites for hydroxylation is 1. The van der Waals surface area contributed by atoms with E-state index in [1.54, 1.807) is 18.4 Å². The van der Waals surface area contributed by atoms with E-state index in [0.717, 1.165) is 17.9 Å². The Labute approximate surface area is 118 Å². The molecule has 0 atom stereocenters. The molecule has 0 spiro atoms. The third-order valence-electron chi connectivity index (χ3n) is 2.92. The maximum absolute atomic E-state index is 5.82. The molecule has 2 N–H and O–H groups in total. The van der Waals surface area contributed by atoms with Crippen molar-refractivity contribution in [2.24, 2.45) is 5.73 Å². The van der Waals surface area contributed by atoms with Crippen LogP contribution in [-0.4, -0.2) is 7.11 Å². The zero-order valence-electron chi connectivity index (χ0n) is 11.3. The molecule has 0 radical (unpaired) electrons. The smallest absolute Gasteiger partial charge is 0.161 e. The molecule has 19 heavy (non-hydrogen) atoms. The predicted molar refractivity (Wildman–Crippen MR) is 78.9 cm³/mol. The Kier molecular flexibility index (Phi) is 4.82. The lowest BCUT2D eigenvalue weighted by molar-refractivity contribution is 0.287. The molecule has 0 aliphatic carbocycles. The summed E-state index contributed by atoms with van der Waals surface area (Å²) in [5.74, 6) is 1.57. The molecule has 0 saturated carbocycles. The summed E-state index contributed by atoms with van der Waals surface area (Å²) in [4.78, 5) is 2.34. The summed E-state index contributed by atoms with van der Waals surface area (Å²) >= 11 is 1.68. The molecule has 4 heteroatoms. The van der Waals surface area contributed by atoms with Gasteiger partial charge in [-0.2, -0.15) is 0 Å². The van der Waals surface area contributed by atoms with Gasteiger partial charge in [-0.3, -0.25) is 0 Å². The first-order chi connectivity index (χ1) is 9.26. The quantitative estimate of drug-likeness (QED) is 0.880. The molecule has 0 aliphatic rings. The first-order valence-electron chi connectivity index (χ1n) is 6.34. The zero-order valence-corrected chi connectivity index (χ0v) is 12.1. The summed E-state index contributed by atoms with van der Waals surface area (Å²) in [6, 6.07) is 10.2. The second-order valence-electron chi connectivity index (χ2n) is 4.20. The fraction of sp³-hybridized carbons (Fsp3) is 0.333. The SMILES string of the molecule is CCc1ccc(OCc2ccc(CN)s2)c(OC)c1. The summed E-state index contributed by atoms with van der Waals surface area (Å²) in [5.41, 5.74) is 6.84. The van der Waals surface area contributed by atoms with E-state index in [0.29, 0.717) is 13.2 Å². The summed E-state index contributed by atoms with van der Waals surface area (Å²) in [6.45, 7) is 3.25. The van der Waals surface area contributed by atoms with Gasteiger partial charge in [0, 0.05) is 16.3 Å². The van der Waals surface area contributed by atoms with Gasteiger partial charge < -0.3 is 15.2 Å². The van der Waals surface area contributed by atoms with Gasteiger partial charge in [0.2, 0.25) is 0 Å². The average molecular weight is 277 g/mol. The zero-order chi connectivity index (χ0) is 13.7. The molecule has 2 rings (SSSR count). The van der Waals surface area contributed by atoms with Crippen LogP contribution in [0, 0.1) is 0 Å². The second-order valence-corrected chi connectivity index (χ2v) is 5.45. The normalized spacial score (nSPS) is 10.5. The van der Waals surface area contributed by atoms with Crippen molar-refractivity contribution in [2.75, 3.05) is 7.11 Å². The Bertz CT molecular complexity index is 537. The van der Waals surface area contributed by atoms with Crippen molar-refractivity contribution < 1.29 is 9.47 Å². The largest absolute Gasteiger partial charge is 0.493 e. The third kappa shape index (κ3) is 3.49. The van der Waals surface area contributed by atoms with Crippen molar-refractivity contribution in [3.63, 3.8) is 0 Å². The Morgan fingerprint density at radius 1 is 1.11 bits per heavy atom. The lowest BCUT2D eigenvalue weighted by Crippen LogP contribution is -1.97. The molecule has 0 unspecified atom stereocenters. The van der Waals surface area contributed by atoms with Crippen LogP contribution in [0.15, 0.2) is 30.3 Å². The van der Waals surface area contributed by atoms with E-state index in [1.807, 2.05) is 18.2 Å². The van der Waals surface area contributed by atoms with Gasteiger partial charge in [0.1, 0.15) is 6.61 Å². The first kappa shape index (κ1) is 13.9. The number of hydrogen-bond donors (Lipinski definition) is 1. The Hall–Kier alpha value is -1.52. The van der Waals surface area contributed by atoms with Gasteiger partial charge in [-0.1, -0.05) is 13.0 Å². The van der Waals surface area contributed by atoms with Gasteiger partial charge in [0.15, 0.2) is 11.5 Å². The molecule has 102 valence electrons. The van der Waals surface area contributed by atoms with Crippen LogP contribution >= 0.6 is 11.3 Å². The van der Waals surface area contributed by atoms with Crippen LogP contribution < -0.4 is 15.2 Å². The highest BCUT2D eigenvalue weighted by atomic mass is 32.1. The molecule has 0 saturated heterocycles. The van der Waals surface area contributed by atoms with Gasteiger partial charge in [-0.25, -0.2) is 0 Å². The highest BCUT2D eigenvalue weighted by molar-refractivity contribution is 7.11. The van der Waals surface area contributed by atoms with Crippen LogP contribution in [0.25, 0.3) is 0 Å². The summed E-state index contributed by atoms with van der Waals surface area (Å²) in [5, 5.41) is 0. The number of hydrogen-bond acceptors (Lipinski definition) is 4. The molecular formula is C15H19NO2S. The number of ether oxygens (including phenoxy) is 2. The van der Waals surface area contributed by atoms with Gasteiger partial charge in [-0.05, 0) is 36.2 Å². The first-order valence-corrected chi connectivity index (χ1v) is 7.15. The van der Waals surface area contributed by atoms with Crippen molar-refractivity contribution in [2.45, 2.75) is 26.5 Å². The van der Waals surface area contributed by atoms with Gasteiger partial charge in [-0.15, -0.1) is 11.3 Å². The van der Waals surface area contributed by atoms with Crippen LogP contribution in [0.3, 0.4) is 0 Å². The van der Waals surface area contributed by atoms with Crippen molar-refractivity contribution in [1.82, 2.24) is 0 Å². The fourth-order valence-electron chi connectivity index (χ4n) is 1.81. The maximum Gasteiger partial charge on any atom is 0.161 e. The van der Waals surface area contributed by atoms with Crippen LogP contribution in [0.5, 0.6) is 11.5 Å². The van der Waals surface area contributed by atoms with Crippen LogP contribution in [-0.2, 0) is 19.6 Å². The van der Waals surface area contributed by atoms with E-state index >= 15 is 0 Å². The molecule has 0 aliphatic heterocycles. The van der Waals surface area contributed by atoms with E-state index in [2.05, 4.69) is 19.1 Å². The van der Waals surface area contributed by atoms with E-state index < -0.39 is 0 Å². The van der Waals surface area contributed by atoms with Crippen molar-refractivity contribution in [3.8, 4) is 11.5 Å². The Balaban J connectivity index is 2.06. The number of benzene rings is 1. The molecule has 0 amide bonds. The molecule has 3 nitrogen and oxygen atoms in total. The monoisotopic (exact) mass is 277 g/mol. The molecule has 0 fully saturated rings. The van der Waals surface area contributed by atoms with Crippen LogP contribution in [0.1, 0.15) is 22.2 Å². The topological polar surface area (TPSA) is 44.5 Å². The fourth-order valence-corrected chi connectivity index (χ4v) is 2.62. The standard InChI is InChI=1S/C15H19NO2S/c1-3-11-4-7-14(15(8-11)17-2)18-10-13-6-5-12(9-16)19-13/h4-8H,3,9-10,16H2,1-2H3.